The van der Waals surface area contributed by atoms with E-state index in [2.05, 4.69) is 20.7 Å². The van der Waals surface area contributed by atoms with E-state index in [1.807, 2.05) is 13.0 Å². The van der Waals surface area contributed by atoms with Gasteiger partial charge in [0.05, 0.1) is 37.4 Å². The number of nitrogens with zero attached hydrogens (tertiary/aromatic N) is 5. The van der Waals surface area contributed by atoms with Crippen LogP contribution in [0, 0.1) is 6.92 Å². The summed E-state index contributed by atoms with van der Waals surface area (Å²) in [4.78, 5) is 2.84. The lowest BCUT2D eigenvalue weighted by atomic mass is 9.92. The van der Waals surface area contributed by atoms with E-state index in [0.29, 0.717) is 32.6 Å². The molecule has 13 heteroatoms. The molecule has 0 aliphatic carbocycles. The molecule has 1 N–H and O–H groups in total. The van der Waals surface area contributed by atoms with Crippen LogP contribution in [0.2, 0.25) is 0 Å². The SMILES string of the molecule is Cc1c2c(cc3c1NCCC[C@@H]3N(Cc1cc(C(F)(F)F)cc(C(F)(F)F)c1)c1nnn(C)n1)COC2. The van der Waals surface area contributed by atoms with Crippen LogP contribution >= 0.6 is 0 Å². The molecule has 0 fully saturated rings. The molecule has 3 aromatic rings. The molecular formula is C24H24F6N6O. The molecule has 198 valence electrons. The second-order valence-electron chi connectivity index (χ2n) is 9.30. The molecule has 0 spiro atoms. The molecule has 37 heavy (non-hydrogen) atoms. The highest BCUT2D eigenvalue weighted by Crippen LogP contribution is 2.43. The quantitative estimate of drug-likeness (QED) is 0.451. The Kier molecular flexibility index (Phi) is 6.29. The molecule has 2 aliphatic rings. The minimum atomic E-state index is -4.94. The topological polar surface area (TPSA) is 68.1 Å². The van der Waals surface area contributed by atoms with Crippen molar-refractivity contribution in [2.75, 3.05) is 16.8 Å². The Labute approximate surface area is 208 Å². The number of fused-ring (bicyclic) bond motifs is 2. The van der Waals surface area contributed by atoms with Gasteiger partial charge in [-0.3, -0.25) is 0 Å². The average molecular weight is 526 g/mol. The Morgan fingerprint density at radius 2 is 1.76 bits per heavy atom. The summed E-state index contributed by atoms with van der Waals surface area (Å²) in [5.41, 5.74) is 1.99. The van der Waals surface area contributed by atoms with Gasteiger partial charge in [-0.2, -0.15) is 31.1 Å². The minimum Gasteiger partial charge on any atom is -0.385 e. The van der Waals surface area contributed by atoms with E-state index in [1.54, 1.807) is 4.90 Å². The predicted octanol–water partition coefficient (Wildman–Crippen LogP) is 5.54. The van der Waals surface area contributed by atoms with Gasteiger partial charge in [-0.25, -0.2) is 0 Å². The summed E-state index contributed by atoms with van der Waals surface area (Å²) in [5, 5.41) is 15.6. The van der Waals surface area contributed by atoms with Crippen molar-refractivity contribution in [1.82, 2.24) is 20.2 Å². The number of alkyl halides is 6. The Morgan fingerprint density at radius 1 is 1.05 bits per heavy atom. The lowest BCUT2D eigenvalue weighted by Gasteiger charge is -2.32. The molecular weight excluding hydrogens is 502 g/mol. The molecule has 0 bridgehead atoms. The molecule has 5 rings (SSSR count). The highest BCUT2D eigenvalue weighted by Gasteiger charge is 2.38. The number of ether oxygens (including phenoxy) is 1. The Morgan fingerprint density at radius 3 is 2.38 bits per heavy atom. The number of hydrogen-bond acceptors (Lipinski definition) is 6. The monoisotopic (exact) mass is 526 g/mol. The van der Waals surface area contributed by atoms with Crippen molar-refractivity contribution >= 4 is 11.6 Å². The molecule has 2 aliphatic heterocycles. The number of aromatic nitrogens is 4. The number of hydrogen-bond donors (Lipinski definition) is 1. The van der Waals surface area contributed by atoms with Gasteiger partial charge in [-0.15, -0.1) is 5.10 Å². The van der Waals surface area contributed by atoms with E-state index in [1.165, 1.54) is 11.8 Å². The van der Waals surface area contributed by atoms with Gasteiger partial charge in [0.1, 0.15) is 0 Å². The zero-order valence-corrected chi connectivity index (χ0v) is 20.0. The summed E-state index contributed by atoms with van der Waals surface area (Å²) in [5.74, 6) is 0.112. The average Bonchev–Trinajstić information content (AvgIpc) is 3.41. The predicted molar refractivity (Wildman–Crippen MR) is 122 cm³/mol. The first-order chi connectivity index (χ1) is 17.4. The van der Waals surface area contributed by atoms with Crippen LogP contribution in [0.15, 0.2) is 24.3 Å². The van der Waals surface area contributed by atoms with Crippen LogP contribution < -0.4 is 10.2 Å². The number of aryl methyl sites for hydroxylation is 1. The van der Waals surface area contributed by atoms with Crippen molar-refractivity contribution < 1.29 is 31.1 Å². The van der Waals surface area contributed by atoms with E-state index < -0.39 is 29.5 Å². The maximum atomic E-state index is 13.5. The second kappa shape index (κ2) is 9.19. The number of benzene rings is 2. The van der Waals surface area contributed by atoms with Gasteiger partial charge in [0.2, 0.25) is 0 Å². The maximum absolute atomic E-state index is 13.5. The largest absolute Gasteiger partial charge is 0.416 e. The minimum absolute atomic E-state index is 0.112. The Balaban J connectivity index is 1.64. The zero-order valence-electron chi connectivity index (χ0n) is 20.0. The van der Waals surface area contributed by atoms with Gasteiger partial charge in [0.25, 0.3) is 5.95 Å². The molecule has 0 unspecified atom stereocenters. The van der Waals surface area contributed by atoms with Crippen LogP contribution in [0.4, 0.5) is 38.0 Å². The first kappa shape index (κ1) is 25.3. The molecule has 0 amide bonds. The van der Waals surface area contributed by atoms with E-state index in [0.717, 1.165) is 40.1 Å². The van der Waals surface area contributed by atoms with E-state index >= 15 is 0 Å². The Hall–Kier alpha value is -3.35. The first-order valence-corrected chi connectivity index (χ1v) is 11.7. The van der Waals surface area contributed by atoms with Crippen molar-refractivity contribution in [1.29, 1.82) is 0 Å². The molecule has 0 radical (unpaired) electrons. The molecule has 7 nitrogen and oxygen atoms in total. The van der Waals surface area contributed by atoms with Crippen LogP contribution in [0.25, 0.3) is 0 Å². The van der Waals surface area contributed by atoms with Gasteiger partial charge in [-0.05, 0) is 77.1 Å². The first-order valence-electron chi connectivity index (χ1n) is 11.7. The summed E-state index contributed by atoms with van der Waals surface area (Å²) in [6, 6.07) is 3.20. The third-order valence-electron chi connectivity index (χ3n) is 6.78. The number of anilines is 2. The van der Waals surface area contributed by atoms with Gasteiger partial charge >= 0.3 is 12.4 Å². The second-order valence-corrected chi connectivity index (χ2v) is 9.30. The van der Waals surface area contributed by atoms with Gasteiger partial charge < -0.3 is 15.0 Å². The van der Waals surface area contributed by atoms with Crippen molar-refractivity contribution in [2.45, 2.75) is 57.9 Å². The van der Waals surface area contributed by atoms with Crippen LogP contribution in [0.3, 0.4) is 0 Å². The third-order valence-corrected chi connectivity index (χ3v) is 6.78. The van der Waals surface area contributed by atoms with Crippen molar-refractivity contribution in [3.63, 3.8) is 0 Å². The summed E-state index contributed by atoms with van der Waals surface area (Å²) in [7, 11) is 1.54. The summed E-state index contributed by atoms with van der Waals surface area (Å²) < 4.78 is 86.8. The van der Waals surface area contributed by atoms with Crippen LogP contribution in [-0.4, -0.2) is 26.8 Å². The van der Waals surface area contributed by atoms with Crippen molar-refractivity contribution in [3.05, 3.63) is 63.2 Å². The van der Waals surface area contributed by atoms with Gasteiger partial charge in [0.15, 0.2) is 0 Å². The fraction of sp³-hybridized carbons (Fsp3) is 0.458. The van der Waals surface area contributed by atoms with E-state index in [9.17, 15) is 26.3 Å². The lowest BCUT2D eigenvalue weighted by molar-refractivity contribution is -0.143. The normalized spacial score (nSPS) is 17.7. The highest BCUT2D eigenvalue weighted by molar-refractivity contribution is 5.65. The number of tetrazole rings is 1. The van der Waals surface area contributed by atoms with Crippen molar-refractivity contribution in [2.24, 2.45) is 7.05 Å². The summed E-state index contributed by atoms with van der Waals surface area (Å²) >= 11 is 0. The summed E-state index contributed by atoms with van der Waals surface area (Å²) in [6.07, 6.45) is -8.60. The van der Waals surface area contributed by atoms with Crippen LogP contribution in [0.1, 0.15) is 57.8 Å². The molecule has 0 saturated heterocycles. The fourth-order valence-corrected chi connectivity index (χ4v) is 5.05. The maximum Gasteiger partial charge on any atom is 0.416 e. The third kappa shape index (κ3) is 4.96. The fourth-order valence-electron chi connectivity index (χ4n) is 5.05. The van der Waals surface area contributed by atoms with Gasteiger partial charge in [-0.1, -0.05) is 5.10 Å². The Bertz CT molecular complexity index is 1290. The summed E-state index contributed by atoms with van der Waals surface area (Å²) in [6.45, 7) is 3.28. The molecule has 1 atom stereocenters. The van der Waals surface area contributed by atoms with E-state index in [-0.39, 0.29) is 24.1 Å². The molecule has 2 aromatic carbocycles. The lowest BCUT2D eigenvalue weighted by Crippen LogP contribution is -2.30. The van der Waals surface area contributed by atoms with Gasteiger partial charge in [0, 0.05) is 18.8 Å². The molecule has 3 heterocycles. The number of rotatable bonds is 4. The molecule has 0 saturated carbocycles. The zero-order chi connectivity index (χ0) is 26.5. The van der Waals surface area contributed by atoms with Crippen LogP contribution in [0.5, 0.6) is 0 Å². The highest BCUT2D eigenvalue weighted by atomic mass is 19.4. The standard InChI is InChI=1S/C24H24F6N6O/c1-13-19-12-37-11-15(19)8-18-20(4-3-5-31-21(13)18)36(22-32-34-35(2)33-22)10-14-6-16(23(25,26)27)9-17(7-14)24(28,29)30/h6-9,20,31H,3-5,10-12H2,1-2H3/t20-/m0/s1. The van der Waals surface area contributed by atoms with Crippen LogP contribution in [-0.2, 0) is 43.9 Å². The molecule has 1 aromatic heterocycles. The number of nitrogens with one attached hydrogen (secondary N) is 1. The number of halogens is 6. The van der Waals surface area contributed by atoms with Crippen molar-refractivity contribution in [3.8, 4) is 0 Å². The smallest absolute Gasteiger partial charge is 0.385 e. The van der Waals surface area contributed by atoms with E-state index in [4.69, 9.17) is 4.74 Å².